The summed E-state index contributed by atoms with van der Waals surface area (Å²) in [5.74, 6) is 2.64. The van der Waals surface area contributed by atoms with Crippen molar-refractivity contribution < 1.29 is 4.74 Å². The van der Waals surface area contributed by atoms with Crippen LogP contribution in [0.4, 0.5) is 0 Å². The zero-order chi connectivity index (χ0) is 33.1. The number of nitrogens with one attached hydrogen (secondary N) is 2. The summed E-state index contributed by atoms with van der Waals surface area (Å²) in [5.41, 5.74) is 7.12. The third kappa shape index (κ3) is 5.67. The number of ether oxygens (including phenoxy) is 1. The number of nitrogens with zero attached hydrogens (tertiary/aromatic N) is 2. The molecule has 3 saturated heterocycles. The van der Waals surface area contributed by atoms with Gasteiger partial charge in [0.05, 0.1) is 18.7 Å². The van der Waals surface area contributed by atoms with E-state index in [1.165, 1.54) is 24.0 Å². The molecule has 2 N–H and O–H groups in total. The van der Waals surface area contributed by atoms with Crippen LogP contribution in [0.2, 0.25) is 0 Å². The number of thiocarbonyl (C=S) groups is 1. The Morgan fingerprint density at radius 3 is 2.66 bits per heavy atom. The van der Waals surface area contributed by atoms with E-state index >= 15 is 0 Å². The molecule has 250 valence electrons. The molecule has 3 aliphatic heterocycles. The van der Waals surface area contributed by atoms with Crippen molar-refractivity contribution >= 4 is 28.2 Å². The van der Waals surface area contributed by atoms with Gasteiger partial charge in [-0.1, -0.05) is 52.0 Å². The van der Waals surface area contributed by atoms with Gasteiger partial charge in [-0.15, -0.1) is 6.58 Å². The smallest absolute Gasteiger partial charge is 0.167 e. The minimum Gasteiger partial charge on any atom is -0.497 e. The van der Waals surface area contributed by atoms with Crippen molar-refractivity contribution in [1.29, 1.82) is 0 Å². The molecule has 1 aromatic heterocycles. The predicted molar refractivity (Wildman–Crippen MR) is 198 cm³/mol. The molecule has 8 rings (SSSR count). The normalized spacial score (nSPS) is 33.5. The molecular weight excluding hydrogens is 597 g/mol. The Hall–Kier alpha value is -2.96. The molecule has 5 aliphatic rings. The first-order valence-corrected chi connectivity index (χ1v) is 18.4. The fraction of sp³-hybridized carbons (Fsp3) is 0.561. The van der Waals surface area contributed by atoms with Crippen molar-refractivity contribution in [1.82, 2.24) is 20.5 Å². The summed E-state index contributed by atoms with van der Waals surface area (Å²) < 4.78 is 5.67. The lowest BCUT2D eigenvalue weighted by atomic mass is 9.47. The maximum absolute atomic E-state index is 6.27. The third-order valence-electron chi connectivity index (χ3n) is 13.2. The van der Waals surface area contributed by atoms with E-state index in [4.69, 9.17) is 21.9 Å². The maximum atomic E-state index is 6.27. The molecule has 6 heteroatoms. The van der Waals surface area contributed by atoms with Crippen molar-refractivity contribution in [2.24, 2.45) is 17.3 Å². The highest BCUT2D eigenvalue weighted by atomic mass is 32.1. The number of hydrogen-bond acceptors (Lipinski definition) is 4. The molecule has 8 atom stereocenters. The van der Waals surface area contributed by atoms with Crippen molar-refractivity contribution in [2.45, 2.75) is 109 Å². The van der Waals surface area contributed by atoms with E-state index in [0.717, 1.165) is 67.0 Å². The highest BCUT2D eigenvalue weighted by molar-refractivity contribution is 7.80. The summed E-state index contributed by atoms with van der Waals surface area (Å²) in [5, 5.41) is 9.76. The monoisotopic (exact) mass is 650 g/mol. The highest BCUT2D eigenvalue weighted by Crippen LogP contribution is 2.60. The van der Waals surface area contributed by atoms with Crippen LogP contribution in [0, 0.1) is 17.3 Å². The van der Waals surface area contributed by atoms with Gasteiger partial charge in [0.1, 0.15) is 5.75 Å². The van der Waals surface area contributed by atoms with Crippen molar-refractivity contribution in [2.75, 3.05) is 20.2 Å². The zero-order valence-electron chi connectivity index (χ0n) is 29.4. The number of fused-ring (bicyclic) bond motifs is 7. The number of aryl methyl sites for hydroxylation is 1. The molecule has 4 heterocycles. The summed E-state index contributed by atoms with van der Waals surface area (Å²) in [6.45, 7) is 18.5. The molecular formula is C41H54N4OS. The summed E-state index contributed by atoms with van der Waals surface area (Å²) >= 11 is 6.27. The molecule has 0 spiro atoms. The summed E-state index contributed by atoms with van der Waals surface area (Å²) in [4.78, 5) is 7.40. The number of piperidine rings is 3. The Kier molecular flexibility index (Phi) is 8.44. The number of aromatic nitrogens is 1. The fourth-order valence-corrected chi connectivity index (χ4v) is 10.5. The van der Waals surface area contributed by atoms with Gasteiger partial charge in [0, 0.05) is 29.7 Å². The van der Waals surface area contributed by atoms with Gasteiger partial charge in [0.2, 0.25) is 0 Å². The SMILES string of the molecule is C=CC1CN2CCC1C[C@H]2[C@@H](NC(=S)N[C@]1(C)CC[C@@]2(C)c3ccc(C(C)C)cc3CC[C@]2(C)C1)c1ccnc2ccc(OC)cc12. The molecule has 3 aromatic rings. The molecule has 3 unspecified atom stereocenters. The summed E-state index contributed by atoms with van der Waals surface area (Å²) in [7, 11) is 1.73. The average molecular weight is 651 g/mol. The van der Waals surface area contributed by atoms with E-state index in [-0.39, 0.29) is 22.4 Å². The third-order valence-corrected chi connectivity index (χ3v) is 13.4. The van der Waals surface area contributed by atoms with E-state index in [1.807, 2.05) is 12.3 Å². The van der Waals surface area contributed by atoms with Crippen LogP contribution in [0.5, 0.6) is 5.75 Å². The first-order chi connectivity index (χ1) is 22.5. The molecule has 0 radical (unpaired) electrons. The maximum Gasteiger partial charge on any atom is 0.167 e. The topological polar surface area (TPSA) is 49.4 Å². The van der Waals surface area contributed by atoms with Gasteiger partial charge >= 0.3 is 0 Å². The average Bonchev–Trinajstić information content (AvgIpc) is 3.07. The molecule has 2 bridgehead atoms. The molecule has 2 aliphatic carbocycles. The zero-order valence-corrected chi connectivity index (χ0v) is 30.2. The second-order valence-corrected chi connectivity index (χ2v) is 16.7. The van der Waals surface area contributed by atoms with Crippen molar-refractivity contribution in [3.63, 3.8) is 0 Å². The van der Waals surface area contributed by atoms with Crippen LogP contribution in [-0.4, -0.2) is 46.8 Å². The summed E-state index contributed by atoms with van der Waals surface area (Å²) in [6.07, 6.45) is 12.2. The number of pyridine rings is 1. The number of benzene rings is 2. The van der Waals surface area contributed by atoms with Gasteiger partial charge in [-0.05, 0) is 146 Å². The molecule has 4 fully saturated rings. The Morgan fingerprint density at radius 2 is 1.94 bits per heavy atom. The van der Waals surface area contributed by atoms with Gasteiger partial charge in [-0.3, -0.25) is 9.88 Å². The molecule has 5 nitrogen and oxygen atoms in total. The van der Waals surface area contributed by atoms with Crippen LogP contribution in [-0.2, 0) is 11.8 Å². The second kappa shape index (κ2) is 12.2. The van der Waals surface area contributed by atoms with E-state index < -0.39 is 0 Å². The van der Waals surface area contributed by atoms with Crippen LogP contribution in [0.3, 0.4) is 0 Å². The summed E-state index contributed by atoms with van der Waals surface area (Å²) in [6, 6.07) is 16.1. The molecule has 0 amide bonds. The first kappa shape index (κ1) is 32.6. The first-order valence-electron chi connectivity index (χ1n) is 18.0. The van der Waals surface area contributed by atoms with Crippen LogP contribution in [0.1, 0.15) is 107 Å². The van der Waals surface area contributed by atoms with E-state index in [9.17, 15) is 0 Å². The number of methoxy groups -OCH3 is 1. The lowest BCUT2D eigenvalue weighted by Gasteiger charge is -2.59. The minimum absolute atomic E-state index is 0.0333. The van der Waals surface area contributed by atoms with E-state index in [0.29, 0.717) is 23.8 Å². The van der Waals surface area contributed by atoms with Gasteiger partial charge < -0.3 is 15.4 Å². The van der Waals surface area contributed by atoms with Gasteiger partial charge in [0.25, 0.3) is 0 Å². The van der Waals surface area contributed by atoms with Gasteiger partial charge in [-0.2, -0.15) is 0 Å². The van der Waals surface area contributed by atoms with Crippen LogP contribution >= 0.6 is 12.2 Å². The molecule has 1 saturated carbocycles. The minimum atomic E-state index is -0.0818. The van der Waals surface area contributed by atoms with Gasteiger partial charge in [-0.25, -0.2) is 0 Å². The molecule has 2 aromatic carbocycles. The Balaban J connectivity index is 1.16. The lowest BCUT2D eigenvalue weighted by Crippen LogP contribution is -2.62. The molecule has 47 heavy (non-hydrogen) atoms. The van der Waals surface area contributed by atoms with Crippen LogP contribution in [0.15, 0.2) is 61.3 Å². The van der Waals surface area contributed by atoms with Gasteiger partial charge in [0.15, 0.2) is 5.11 Å². The van der Waals surface area contributed by atoms with Crippen LogP contribution in [0.25, 0.3) is 10.9 Å². The predicted octanol–water partition coefficient (Wildman–Crippen LogP) is 8.62. The quantitative estimate of drug-likeness (QED) is 0.197. The fourth-order valence-electron chi connectivity index (χ4n) is 10.1. The Labute approximate surface area is 287 Å². The Morgan fingerprint density at radius 1 is 1.11 bits per heavy atom. The highest BCUT2D eigenvalue weighted by Gasteiger charge is 2.55. The number of hydrogen-bond donors (Lipinski definition) is 2. The largest absolute Gasteiger partial charge is 0.497 e. The standard InChI is InChI=1S/C41H54N4OS/c1-8-27-24-45-20-15-29(27)22-36(45)37(32-14-19-42-35-12-10-31(46-7)23-33(32)35)43-38(47)44-40(5)17-18-41(6)34-11-9-28(26(2)3)21-30(34)13-16-39(41,4)25-40/h8-12,14,19,21,23,26-27,29,36-37H,1,13,15-18,20,22,24-25H2,2-7H3,(H2,43,44,47)/t27?,29?,36-,37-,39+,40+,41-/m0/s1. The van der Waals surface area contributed by atoms with E-state index in [2.05, 4.69) is 99.2 Å². The van der Waals surface area contributed by atoms with Crippen molar-refractivity contribution in [3.05, 3.63) is 83.6 Å². The van der Waals surface area contributed by atoms with E-state index in [1.54, 1.807) is 18.2 Å². The number of rotatable bonds is 7. The van der Waals surface area contributed by atoms with Crippen molar-refractivity contribution in [3.8, 4) is 5.75 Å². The lowest BCUT2D eigenvalue weighted by molar-refractivity contribution is 0.00352. The Bertz CT molecular complexity index is 1690. The second-order valence-electron chi connectivity index (χ2n) is 16.3. The van der Waals surface area contributed by atoms with Crippen LogP contribution < -0.4 is 15.4 Å².